The Morgan fingerprint density at radius 1 is 1.58 bits per heavy atom. The number of benzene rings is 1. The van der Waals surface area contributed by atoms with Gasteiger partial charge < -0.3 is 15.3 Å². The molecule has 2 rings (SSSR count). The van der Waals surface area contributed by atoms with Gasteiger partial charge in [0.05, 0.1) is 4.92 Å². The largest absolute Gasteiger partial charge is 0.480 e. The number of anilines is 1. The van der Waals surface area contributed by atoms with Crippen LogP contribution in [0.4, 0.5) is 11.4 Å². The van der Waals surface area contributed by atoms with Gasteiger partial charge in [-0.15, -0.1) is 0 Å². The highest BCUT2D eigenvalue weighted by atomic mass is 127. The molecule has 1 heterocycles. The Balaban J connectivity index is 2.44. The van der Waals surface area contributed by atoms with Gasteiger partial charge in [-0.1, -0.05) is 0 Å². The molecule has 1 aliphatic heterocycles. The van der Waals surface area contributed by atoms with Gasteiger partial charge in [0.1, 0.15) is 11.7 Å². The van der Waals surface area contributed by atoms with Crippen molar-refractivity contribution in [3.8, 4) is 0 Å². The number of carboxylic acid groups (broad SMARTS) is 1. The van der Waals surface area contributed by atoms with Crippen LogP contribution >= 0.6 is 22.6 Å². The predicted molar refractivity (Wildman–Crippen MR) is 77.5 cm³/mol. The normalized spacial score (nSPS) is 19.2. The topological polar surface area (TPSA) is 95.7 Å². The zero-order chi connectivity index (χ0) is 14.0. The minimum atomic E-state index is -0.986. The van der Waals surface area contributed by atoms with E-state index in [0.717, 1.165) is 3.57 Å². The van der Waals surface area contributed by atoms with E-state index >= 15 is 0 Å². The highest BCUT2D eigenvalue weighted by molar-refractivity contribution is 14.1. The minimum absolute atomic E-state index is 0.0555. The van der Waals surface area contributed by atoms with E-state index in [0.29, 0.717) is 18.8 Å². The van der Waals surface area contributed by atoms with E-state index < -0.39 is 16.9 Å². The fourth-order valence-corrected chi connectivity index (χ4v) is 2.57. The molecule has 1 aromatic rings. The van der Waals surface area contributed by atoms with Gasteiger partial charge in [0.15, 0.2) is 0 Å². The first-order chi connectivity index (χ1) is 9.00. The zero-order valence-electron chi connectivity index (χ0n) is 9.88. The molecule has 19 heavy (non-hydrogen) atoms. The standard InChI is InChI=1S/C11H12IN3O4/c12-7-1-2-8(9(5-7)15(18)19)14-4-3-13-6-10(14)11(16)17/h1-2,5,10,13H,3-4,6H2,(H,16,17). The lowest BCUT2D eigenvalue weighted by atomic mass is 10.1. The Morgan fingerprint density at radius 2 is 2.32 bits per heavy atom. The maximum atomic E-state index is 11.2. The summed E-state index contributed by atoms with van der Waals surface area (Å²) in [6.07, 6.45) is 0. The van der Waals surface area contributed by atoms with Gasteiger partial charge in [0, 0.05) is 29.3 Å². The molecular formula is C11H12IN3O4. The van der Waals surface area contributed by atoms with Gasteiger partial charge in [-0.3, -0.25) is 10.1 Å². The number of hydrogen-bond donors (Lipinski definition) is 2. The van der Waals surface area contributed by atoms with Crippen molar-refractivity contribution in [3.63, 3.8) is 0 Å². The van der Waals surface area contributed by atoms with E-state index in [1.807, 2.05) is 22.6 Å². The molecular weight excluding hydrogens is 365 g/mol. The number of carboxylic acids is 1. The zero-order valence-corrected chi connectivity index (χ0v) is 12.0. The predicted octanol–water partition coefficient (Wildman–Crippen LogP) is 1.06. The maximum Gasteiger partial charge on any atom is 0.327 e. The third kappa shape index (κ3) is 2.95. The van der Waals surface area contributed by atoms with Crippen LogP contribution in [0.3, 0.4) is 0 Å². The molecule has 1 fully saturated rings. The summed E-state index contributed by atoms with van der Waals surface area (Å²) in [6, 6.07) is 4.02. The van der Waals surface area contributed by atoms with Crippen molar-refractivity contribution in [2.75, 3.05) is 24.5 Å². The first-order valence-electron chi connectivity index (χ1n) is 5.65. The molecule has 0 radical (unpaired) electrons. The van der Waals surface area contributed by atoms with Gasteiger partial charge in [-0.2, -0.15) is 0 Å². The van der Waals surface area contributed by atoms with Gasteiger partial charge in [0.2, 0.25) is 0 Å². The van der Waals surface area contributed by atoms with Crippen LogP contribution in [-0.4, -0.2) is 41.7 Å². The summed E-state index contributed by atoms with van der Waals surface area (Å²) in [7, 11) is 0. The van der Waals surface area contributed by atoms with E-state index in [2.05, 4.69) is 5.32 Å². The third-order valence-electron chi connectivity index (χ3n) is 2.97. The smallest absolute Gasteiger partial charge is 0.327 e. The number of hydrogen-bond acceptors (Lipinski definition) is 5. The van der Waals surface area contributed by atoms with Crippen LogP contribution in [0.15, 0.2) is 18.2 Å². The van der Waals surface area contributed by atoms with Crippen molar-refractivity contribution >= 4 is 39.9 Å². The maximum absolute atomic E-state index is 11.2. The number of nitro benzene ring substituents is 1. The first kappa shape index (κ1) is 14.0. The molecule has 8 heteroatoms. The molecule has 0 aliphatic carbocycles. The molecule has 1 aromatic carbocycles. The van der Waals surface area contributed by atoms with Crippen LogP contribution in [0.25, 0.3) is 0 Å². The molecule has 102 valence electrons. The summed E-state index contributed by atoms with van der Waals surface area (Å²) in [5.41, 5.74) is 0.305. The number of rotatable bonds is 3. The molecule has 1 saturated heterocycles. The van der Waals surface area contributed by atoms with E-state index in [9.17, 15) is 20.0 Å². The Labute approximate surface area is 122 Å². The Bertz CT molecular complexity index is 523. The lowest BCUT2D eigenvalue weighted by Crippen LogP contribution is -2.55. The van der Waals surface area contributed by atoms with Crippen LogP contribution < -0.4 is 10.2 Å². The van der Waals surface area contributed by atoms with Crippen molar-refractivity contribution in [2.45, 2.75) is 6.04 Å². The van der Waals surface area contributed by atoms with Gasteiger partial charge in [-0.05, 0) is 34.7 Å². The first-order valence-corrected chi connectivity index (χ1v) is 6.72. The van der Waals surface area contributed by atoms with Gasteiger partial charge in [-0.25, -0.2) is 4.79 Å². The number of halogens is 1. The molecule has 0 bridgehead atoms. The summed E-state index contributed by atoms with van der Waals surface area (Å²) in [5, 5.41) is 23.3. The fourth-order valence-electron chi connectivity index (χ4n) is 2.10. The van der Waals surface area contributed by atoms with E-state index in [4.69, 9.17) is 0 Å². The van der Waals surface area contributed by atoms with Crippen LogP contribution in [0.2, 0.25) is 0 Å². The molecule has 0 saturated carbocycles. The highest BCUT2D eigenvalue weighted by Crippen LogP contribution is 2.31. The molecule has 0 amide bonds. The van der Waals surface area contributed by atoms with Gasteiger partial charge in [0.25, 0.3) is 5.69 Å². The van der Waals surface area contributed by atoms with E-state index in [-0.39, 0.29) is 12.2 Å². The number of nitrogens with one attached hydrogen (secondary N) is 1. The van der Waals surface area contributed by atoms with Crippen molar-refractivity contribution in [1.82, 2.24) is 5.32 Å². The van der Waals surface area contributed by atoms with E-state index in [1.165, 1.54) is 6.07 Å². The van der Waals surface area contributed by atoms with Crippen molar-refractivity contribution in [1.29, 1.82) is 0 Å². The average Bonchev–Trinajstić information content (AvgIpc) is 2.38. The minimum Gasteiger partial charge on any atom is -0.480 e. The fraction of sp³-hybridized carbons (Fsp3) is 0.364. The molecule has 1 aliphatic rings. The Hall–Kier alpha value is -1.42. The summed E-state index contributed by atoms with van der Waals surface area (Å²) in [5.74, 6) is -0.986. The van der Waals surface area contributed by atoms with Crippen LogP contribution in [-0.2, 0) is 4.79 Å². The van der Waals surface area contributed by atoms with Crippen LogP contribution in [0.5, 0.6) is 0 Å². The number of piperazine rings is 1. The summed E-state index contributed by atoms with van der Waals surface area (Å²) in [4.78, 5) is 23.4. The number of nitrogens with zero attached hydrogens (tertiary/aromatic N) is 2. The molecule has 1 unspecified atom stereocenters. The van der Waals surface area contributed by atoms with Crippen molar-refractivity contribution in [2.24, 2.45) is 0 Å². The number of aliphatic carboxylic acids is 1. The Morgan fingerprint density at radius 3 is 2.95 bits per heavy atom. The summed E-state index contributed by atoms with van der Waals surface area (Å²) < 4.78 is 0.745. The molecule has 0 aromatic heterocycles. The quantitative estimate of drug-likeness (QED) is 0.465. The summed E-state index contributed by atoms with van der Waals surface area (Å²) >= 11 is 1.99. The second-order valence-electron chi connectivity index (χ2n) is 4.14. The van der Waals surface area contributed by atoms with E-state index in [1.54, 1.807) is 17.0 Å². The molecule has 0 spiro atoms. The van der Waals surface area contributed by atoms with Crippen LogP contribution in [0, 0.1) is 13.7 Å². The monoisotopic (exact) mass is 377 g/mol. The molecule has 2 N–H and O–H groups in total. The van der Waals surface area contributed by atoms with Crippen molar-refractivity contribution < 1.29 is 14.8 Å². The Kier molecular flexibility index (Phi) is 4.20. The van der Waals surface area contributed by atoms with Crippen LogP contribution in [0.1, 0.15) is 0 Å². The highest BCUT2D eigenvalue weighted by Gasteiger charge is 2.32. The summed E-state index contributed by atoms with van der Waals surface area (Å²) in [6.45, 7) is 1.31. The van der Waals surface area contributed by atoms with Crippen molar-refractivity contribution in [3.05, 3.63) is 31.9 Å². The second kappa shape index (κ2) is 5.70. The lowest BCUT2D eigenvalue weighted by molar-refractivity contribution is -0.384. The third-order valence-corrected chi connectivity index (χ3v) is 3.64. The second-order valence-corrected chi connectivity index (χ2v) is 5.39. The molecule has 1 atom stereocenters. The SMILES string of the molecule is O=C(O)C1CNCCN1c1ccc(I)cc1[N+](=O)[O-]. The average molecular weight is 377 g/mol. The number of carbonyl (C=O) groups is 1. The number of nitro groups is 1. The molecule has 7 nitrogen and oxygen atoms in total. The van der Waals surface area contributed by atoms with Gasteiger partial charge >= 0.3 is 5.97 Å². The lowest BCUT2D eigenvalue weighted by Gasteiger charge is -2.34.